The first kappa shape index (κ1) is 15.8. The van der Waals surface area contributed by atoms with Gasteiger partial charge in [-0.25, -0.2) is 0 Å². The number of anilines is 1. The fourth-order valence-electron chi connectivity index (χ4n) is 2.12. The molecule has 1 unspecified atom stereocenters. The van der Waals surface area contributed by atoms with E-state index in [-0.39, 0.29) is 23.3 Å². The average Bonchev–Trinajstić information content (AvgIpc) is 2.44. The van der Waals surface area contributed by atoms with Crippen LogP contribution < -0.4 is 5.32 Å². The molecule has 1 aromatic carbocycles. The molecule has 0 saturated carbocycles. The number of nitrogens with one attached hydrogen (secondary N) is 1. The highest BCUT2D eigenvalue weighted by Crippen LogP contribution is 2.20. The van der Waals surface area contributed by atoms with E-state index >= 15 is 0 Å². The van der Waals surface area contributed by atoms with Gasteiger partial charge in [-0.05, 0) is 24.6 Å². The normalized spacial score (nSPS) is 18.0. The molecule has 0 radical (unpaired) electrons. The van der Waals surface area contributed by atoms with Gasteiger partial charge in [-0.3, -0.25) is 14.4 Å². The molecule has 1 aromatic rings. The maximum Gasteiger partial charge on any atom is 0.235 e. The molecule has 0 aromatic heterocycles. The van der Waals surface area contributed by atoms with Crippen LogP contribution in [0.15, 0.2) is 29.4 Å². The molecule has 2 rings (SSSR count). The predicted octanol–water partition coefficient (Wildman–Crippen LogP) is 1.67. The maximum atomic E-state index is 11.5. The zero-order valence-corrected chi connectivity index (χ0v) is 12.3. The summed E-state index contributed by atoms with van der Waals surface area (Å²) in [6, 6.07) is 6.73. The lowest BCUT2D eigenvalue weighted by Gasteiger charge is -2.31. The van der Waals surface area contributed by atoms with Crippen LogP contribution in [0.4, 0.5) is 5.69 Å². The number of nitrogens with zero attached hydrogens (tertiary/aromatic N) is 2. The Balaban J connectivity index is 2.09. The standard InChI is InChI=1S/C15H16N3O4/c1-9-7-13(17-18(22)15(9)21)11-3-5-12(6-4-11)16-14(20)8-10(2)19/h3-6,9H,7-8H2,1-2H3,(H,16,20)/q-1. The van der Waals surface area contributed by atoms with E-state index in [1.165, 1.54) is 6.92 Å². The summed E-state index contributed by atoms with van der Waals surface area (Å²) >= 11 is 0. The maximum absolute atomic E-state index is 11.5. The first-order valence-electron chi connectivity index (χ1n) is 6.85. The molecule has 0 saturated heterocycles. The van der Waals surface area contributed by atoms with Crippen LogP contribution in [-0.2, 0) is 14.4 Å². The fourth-order valence-corrected chi connectivity index (χ4v) is 2.12. The second-order valence-corrected chi connectivity index (χ2v) is 5.27. The van der Waals surface area contributed by atoms with Crippen molar-refractivity contribution in [3.8, 4) is 0 Å². The van der Waals surface area contributed by atoms with Crippen LogP contribution in [-0.4, -0.2) is 28.5 Å². The number of benzene rings is 1. The molecule has 0 spiro atoms. The van der Waals surface area contributed by atoms with Crippen molar-refractivity contribution in [1.82, 2.24) is 5.17 Å². The summed E-state index contributed by atoms with van der Waals surface area (Å²) in [6.45, 7) is 3.03. The lowest BCUT2D eigenvalue weighted by Crippen LogP contribution is -2.33. The molecule has 0 bridgehead atoms. The Labute approximate surface area is 127 Å². The number of amides is 2. The van der Waals surface area contributed by atoms with Gasteiger partial charge in [0.25, 0.3) is 0 Å². The lowest BCUT2D eigenvalue weighted by molar-refractivity contribution is -0.133. The van der Waals surface area contributed by atoms with Crippen molar-refractivity contribution in [3.05, 3.63) is 35.0 Å². The number of rotatable bonds is 4. The van der Waals surface area contributed by atoms with Gasteiger partial charge in [-0.15, -0.1) is 0 Å². The van der Waals surface area contributed by atoms with Crippen molar-refractivity contribution in [2.45, 2.75) is 26.7 Å². The van der Waals surface area contributed by atoms with Crippen LogP contribution in [0.25, 0.3) is 0 Å². The quantitative estimate of drug-likeness (QED) is 0.855. The number of Topliss-reactive ketones (excluding diaryl/α,β-unsaturated/α-hetero) is 1. The van der Waals surface area contributed by atoms with E-state index in [0.29, 0.717) is 23.4 Å². The van der Waals surface area contributed by atoms with Gasteiger partial charge in [-0.2, -0.15) is 5.10 Å². The van der Waals surface area contributed by atoms with E-state index in [4.69, 9.17) is 0 Å². The molecule has 22 heavy (non-hydrogen) atoms. The van der Waals surface area contributed by atoms with Crippen LogP contribution in [0.3, 0.4) is 0 Å². The summed E-state index contributed by atoms with van der Waals surface area (Å²) < 4.78 is 0. The van der Waals surface area contributed by atoms with E-state index in [1.54, 1.807) is 31.2 Å². The summed E-state index contributed by atoms with van der Waals surface area (Å²) in [5, 5.41) is 17.8. The molecule has 0 fully saturated rings. The largest absolute Gasteiger partial charge is 0.735 e. The predicted molar refractivity (Wildman–Crippen MR) is 80.9 cm³/mol. The van der Waals surface area contributed by atoms with Gasteiger partial charge in [0, 0.05) is 18.0 Å². The summed E-state index contributed by atoms with van der Waals surface area (Å²) in [5.74, 6) is -1.53. The Hall–Kier alpha value is -2.54. The molecule has 116 valence electrons. The zero-order valence-electron chi connectivity index (χ0n) is 12.3. The monoisotopic (exact) mass is 302 g/mol. The second-order valence-electron chi connectivity index (χ2n) is 5.27. The molecule has 7 heteroatoms. The van der Waals surface area contributed by atoms with Gasteiger partial charge in [0.15, 0.2) is 0 Å². The highest BCUT2D eigenvalue weighted by Gasteiger charge is 2.23. The Morgan fingerprint density at radius 1 is 1.36 bits per heavy atom. The van der Waals surface area contributed by atoms with E-state index in [0.717, 1.165) is 0 Å². The number of carbonyl (C=O) groups excluding carboxylic acids is 3. The number of hydrogen-bond donors (Lipinski definition) is 1. The van der Waals surface area contributed by atoms with E-state index in [1.807, 2.05) is 0 Å². The minimum atomic E-state index is -0.545. The summed E-state index contributed by atoms with van der Waals surface area (Å²) in [5.41, 5.74) is 1.79. The third kappa shape index (κ3) is 3.76. The smallest absolute Gasteiger partial charge is 0.235 e. The Bertz CT molecular complexity index is 637. The van der Waals surface area contributed by atoms with Gasteiger partial charge in [-0.1, -0.05) is 19.1 Å². The number of ketones is 1. The van der Waals surface area contributed by atoms with Crippen LogP contribution in [0.1, 0.15) is 32.3 Å². The van der Waals surface area contributed by atoms with Crippen molar-refractivity contribution in [1.29, 1.82) is 0 Å². The van der Waals surface area contributed by atoms with Gasteiger partial charge >= 0.3 is 0 Å². The molecule has 1 aliphatic rings. The minimum Gasteiger partial charge on any atom is -0.735 e. The highest BCUT2D eigenvalue weighted by molar-refractivity contribution is 6.06. The van der Waals surface area contributed by atoms with Gasteiger partial charge < -0.3 is 15.7 Å². The third-order valence-electron chi connectivity index (χ3n) is 3.23. The van der Waals surface area contributed by atoms with Gasteiger partial charge in [0.2, 0.25) is 11.8 Å². The van der Waals surface area contributed by atoms with Crippen molar-refractivity contribution in [2.24, 2.45) is 11.0 Å². The van der Waals surface area contributed by atoms with Crippen molar-refractivity contribution in [3.63, 3.8) is 0 Å². The number of hydroxylamine groups is 1. The molecule has 1 aliphatic heterocycles. The SMILES string of the molecule is CC(=O)CC(=O)Nc1ccc(C2=NN([O-])C(=O)C(C)C2)cc1. The topological polar surface area (TPSA) is 102 Å². The van der Waals surface area contributed by atoms with Crippen LogP contribution >= 0.6 is 0 Å². The summed E-state index contributed by atoms with van der Waals surface area (Å²) in [4.78, 5) is 33.7. The number of carbonyl (C=O) groups is 3. The van der Waals surface area contributed by atoms with Gasteiger partial charge in [0.1, 0.15) is 5.78 Å². The van der Waals surface area contributed by atoms with Crippen molar-refractivity contribution in [2.75, 3.05) is 5.32 Å². The minimum absolute atomic E-state index is 0.117. The highest BCUT2D eigenvalue weighted by atomic mass is 16.5. The lowest BCUT2D eigenvalue weighted by atomic mass is 9.97. The Morgan fingerprint density at radius 3 is 2.55 bits per heavy atom. The first-order chi connectivity index (χ1) is 10.4. The average molecular weight is 302 g/mol. The molecule has 1 N–H and O–H groups in total. The molecule has 7 nitrogen and oxygen atoms in total. The summed E-state index contributed by atoms with van der Waals surface area (Å²) in [7, 11) is 0. The first-order valence-corrected chi connectivity index (χ1v) is 6.85. The molecule has 1 heterocycles. The number of hydrazone groups is 1. The van der Waals surface area contributed by atoms with Gasteiger partial charge in [0.05, 0.1) is 12.1 Å². The summed E-state index contributed by atoms with van der Waals surface area (Å²) in [6.07, 6.45) is 0.229. The number of hydrogen-bond acceptors (Lipinski definition) is 5. The Morgan fingerprint density at radius 2 is 2.00 bits per heavy atom. The van der Waals surface area contributed by atoms with E-state index < -0.39 is 11.8 Å². The molecular weight excluding hydrogens is 286 g/mol. The molecular formula is C15H16N3O4-. The zero-order chi connectivity index (χ0) is 16.3. The van der Waals surface area contributed by atoms with Crippen LogP contribution in [0.2, 0.25) is 0 Å². The third-order valence-corrected chi connectivity index (χ3v) is 3.23. The Kier molecular flexibility index (Phi) is 4.67. The fraction of sp³-hybridized carbons (Fsp3) is 0.333. The van der Waals surface area contributed by atoms with Crippen LogP contribution in [0, 0.1) is 11.1 Å². The molecule has 1 atom stereocenters. The van der Waals surface area contributed by atoms with Crippen molar-refractivity contribution < 1.29 is 14.4 Å². The van der Waals surface area contributed by atoms with Crippen LogP contribution in [0.5, 0.6) is 0 Å². The van der Waals surface area contributed by atoms with Crippen molar-refractivity contribution >= 4 is 29.0 Å². The van der Waals surface area contributed by atoms with E-state index in [2.05, 4.69) is 10.4 Å². The molecule has 0 aliphatic carbocycles. The van der Waals surface area contributed by atoms with E-state index in [9.17, 15) is 19.6 Å². The molecule has 2 amide bonds. The second kappa shape index (κ2) is 6.48.